The van der Waals surface area contributed by atoms with E-state index in [0.29, 0.717) is 17.6 Å². The van der Waals surface area contributed by atoms with E-state index in [1.54, 1.807) is 0 Å². The number of pyridine rings is 2. The molecule has 2 aliphatic rings. The summed E-state index contributed by atoms with van der Waals surface area (Å²) in [5, 5.41) is 3.10. The number of hydrogen-bond donors (Lipinski definition) is 1. The minimum atomic E-state index is -2.50. The summed E-state index contributed by atoms with van der Waals surface area (Å²) in [6.07, 6.45) is 3.78. The molecular weight excluding hydrogens is 310 g/mol. The Labute approximate surface area is 139 Å². The highest BCUT2D eigenvalue weighted by Gasteiger charge is 2.23. The summed E-state index contributed by atoms with van der Waals surface area (Å²) in [4.78, 5) is 11.0. The van der Waals surface area contributed by atoms with E-state index in [1.165, 1.54) is 49.6 Å². The van der Waals surface area contributed by atoms with E-state index in [-0.39, 0.29) is 5.56 Å². The average molecular weight is 330 g/mol. The van der Waals surface area contributed by atoms with Crippen LogP contribution in [0.15, 0.2) is 30.5 Å². The molecule has 1 saturated carbocycles. The van der Waals surface area contributed by atoms with Crippen molar-refractivity contribution in [2.75, 3.05) is 23.3 Å². The number of hydrogen-bond acceptors (Lipinski definition) is 4. The van der Waals surface area contributed by atoms with Crippen molar-refractivity contribution in [1.82, 2.24) is 9.97 Å². The highest BCUT2D eigenvalue weighted by Crippen LogP contribution is 2.39. The Morgan fingerprint density at radius 3 is 2.54 bits per heavy atom. The molecule has 1 N–H and O–H groups in total. The van der Waals surface area contributed by atoms with E-state index in [1.807, 2.05) is 6.07 Å². The number of aromatic nitrogens is 2. The molecule has 6 heteroatoms. The van der Waals surface area contributed by atoms with Crippen LogP contribution in [0.2, 0.25) is 0 Å². The number of rotatable bonds is 5. The molecule has 4 rings (SSSR count). The van der Waals surface area contributed by atoms with Crippen molar-refractivity contribution in [2.45, 2.75) is 38.0 Å². The lowest BCUT2D eigenvalue weighted by Crippen LogP contribution is -2.37. The van der Waals surface area contributed by atoms with Gasteiger partial charge in [-0.1, -0.05) is 6.42 Å². The van der Waals surface area contributed by atoms with Crippen LogP contribution in [0.3, 0.4) is 0 Å². The first-order valence-electron chi connectivity index (χ1n) is 8.47. The Hall–Kier alpha value is -2.24. The third-order valence-electron chi connectivity index (χ3n) is 4.88. The van der Waals surface area contributed by atoms with Gasteiger partial charge < -0.3 is 10.2 Å². The van der Waals surface area contributed by atoms with Gasteiger partial charge >= 0.3 is 0 Å². The predicted octanol–water partition coefficient (Wildman–Crippen LogP) is 4.64. The van der Waals surface area contributed by atoms with E-state index in [4.69, 9.17) is 0 Å². The van der Waals surface area contributed by atoms with Crippen molar-refractivity contribution in [1.29, 1.82) is 0 Å². The van der Waals surface area contributed by atoms with Gasteiger partial charge in [0.15, 0.2) is 0 Å². The minimum Gasteiger partial charge on any atom is -0.356 e. The first-order chi connectivity index (χ1) is 11.7. The lowest BCUT2D eigenvalue weighted by atomic mass is 9.80. The van der Waals surface area contributed by atoms with Gasteiger partial charge in [0.25, 0.3) is 6.43 Å². The summed E-state index contributed by atoms with van der Waals surface area (Å²) >= 11 is 0. The van der Waals surface area contributed by atoms with E-state index in [2.05, 4.69) is 26.3 Å². The molecule has 0 bridgehead atoms. The fraction of sp³-hybridized carbons (Fsp3) is 0.444. The molecule has 3 heterocycles. The van der Waals surface area contributed by atoms with Gasteiger partial charge in [0.2, 0.25) is 0 Å². The summed E-state index contributed by atoms with van der Waals surface area (Å²) in [7, 11) is 0. The molecule has 0 unspecified atom stereocenters. The first-order valence-corrected chi connectivity index (χ1v) is 8.47. The Balaban J connectivity index is 1.62. The maximum atomic E-state index is 12.9. The van der Waals surface area contributed by atoms with Gasteiger partial charge in [-0.25, -0.2) is 18.7 Å². The predicted molar refractivity (Wildman–Crippen MR) is 90.1 cm³/mol. The molecule has 2 fully saturated rings. The molecule has 24 heavy (non-hydrogen) atoms. The van der Waals surface area contributed by atoms with Crippen LogP contribution in [0.4, 0.5) is 26.2 Å². The van der Waals surface area contributed by atoms with Crippen LogP contribution in [0, 0.1) is 0 Å². The van der Waals surface area contributed by atoms with E-state index in [0.717, 1.165) is 18.9 Å². The topological polar surface area (TPSA) is 41.1 Å². The van der Waals surface area contributed by atoms with Gasteiger partial charge in [-0.05, 0) is 55.0 Å². The fourth-order valence-corrected chi connectivity index (χ4v) is 3.07. The van der Waals surface area contributed by atoms with Crippen molar-refractivity contribution < 1.29 is 8.78 Å². The van der Waals surface area contributed by atoms with Crippen molar-refractivity contribution in [3.05, 3.63) is 41.6 Å². The largest absolute Gasteiger partial charge is 0.356 e. The third kappa shape index (κ3) is 3.05. The van der Waals surface area contributed by atoms with E-state index >= 15 is 0 Å². The van der Waals surface area contributed by atoms with Crippen LogP contribution in [0.1, 0.15) is 49.2 Å². The Bertz CT molecular complexity index is 694. The molecule has 0 aromatic carbocycles. The van der Waals surface area contributed by atoms with Crippen LogP contribution >= 0.6 is 0 Å². The maximum absolute atomic E-state index is 12.9. The molecule has 126 valence electrons. The molecule has 0 spiro atoms. The van der Waals surface area contributed by atoms with Crippen LogP contribution in [-0.2, 0) is 0 Å². The number of alkyl halides is 2. The second-order valence-corrected chi connectivity index (χ2v) is 6.51. The zero-order valence-corrected chi connectivity index (χ0v) is 13.4. The summed E-state index contributed by atoms with van der Waals surface area (Å²) < 4.78 is 25.7. The highest BCUT2D eigenvalue weighted by molar-refractivity contribution is 5.58. The first kappa shape index (κ1) is 15.3. The molecule has 2 aromatic heterocycles. The summed E-state index contributed by atoms with van der Waals surface area (Å²) in [5.41, 5.74) is 1.25. The van der Waals surface area contributed by atoms with Crippen LogP contribution in [0.5, 0.6) is 0 Å². The van der Waals surface area contributed by atoms with Gasteiger partial charge in [0.05, 0.1) is 0 Å². The maximum Gasteiger partial charge on any atom is 0.264 e. The van der Waals surface area contributed by atoms with Crippen LogP contribution in [0.25, 0.3) is 0 Å². The molecule has 1 aliphatic heterocycles. The highest BCUT2D eigenvalue weighted by atomic mass is 19.3. The Morgan fingerprint density at radius 2 is 1.92 bits per heavy atom. The Morgan fingerprint density at radius 1 is 1.08 bits per heavy atom. The fourth-order valence-electron chi connectivity index (χ4n) is 3.07. The summed E-state index contributed by atoms with van der Waals surface area (Å²) in [6, 6.07) is 6.92. The molecule has 0 radical (unpaired) electrons. The number of anilines is 3. The zero-order valence-electron chi connectivity index (χ0n) is 13.4. The smallest absolute Gasteiger partial charge is 0.264 e. The normalized spacial score (nSPS) is 17.5. The number of nitrogens with one attached hydrogen (secondary N) is 1. The third-order valence-corrected chi connectivity index (χ3v) is 4.88. The molecule has 1 saturated heterocycles. The van der Waals surface area contributed by atoms with Crippen molar-refractivity contribution >= 4 is 17.5 Å². The monoisotopic (exact) mass is 330 g/mol. The average Bonchev–Trinajstić information content (AvgIpc) is 2.43. The lowest BCUT2D eigenvalue weighted by Gasteiger charge is -2.34. The number of halogens is 2. The molecule has 4 nitrogen and oxygen atoms in total. The van der Waals surface area contributed by atoms with Gasteiger partial charge in [-0.3, -0.25) is 0 Å². The molecular formula is C18H20F2N4. The quantitative estimate of drug-likeness (QED) is 0.867. The summed E-state index contributed by atoms with van der Waals surface area (Å²) in [5.74, 6) is 2.65. The SMILES string of the molecule is FC(F)c1ccnc(Nc2cc(C3CCC3)cc(N3CCC3)n2)c1. The zero-order chi connectivity index (χ0) is 16.5. The van der Waals surface area contributed by atoms with Gasteiger partial charge in [-0.2, -0.15) is 0 Å². The van der Waals surface area contributed by atoms with E-state index in [9.17, 15) is 8.78 Å². The van der Waals surface area contributed by atoms with Crippen molar-refractivity contribution in [2.24, 2.45) is 0 Å². The second kappa shape index (κ2) is 6.34. The standard InChI is InChI=1S/C18H20F2N4/c19-18(20)13-5-6-21-15(9-13)22-16-10-14(12-3-1-4-12)11-17(23-16)24-7-2-8-24/h5-6,9-12,18H,1-4,7-8H2,(H,21,22,23). The second-order valence-electron chi connectivity index (χ2n) is 6.51. The molecule has 0 amide bonds. The van der Waals surface area contributed by atoms with Crippen molar-refractivity contribution in [3.63, 3.8) is 0 Å². The van der Waals surface area contributed by atoms with Crippen LogP contribution in [-0.4, -0.2) is 23.1 Å². The van der Waals surface area contributed by atoms with Crippen LogP contribution < -0.4 is 10.2 Å². The Kier molecular flexibility index (Phi) is 4.04. The van der Waals surface area contributed by atoms with Gasteiger partial charge in [-0.15, -0.1) is 0 Å². The molecule has 0 atom stereocenters. The van der Waals surface area contributed by atoms with Gasteiger partial charge in [0.1, 0.15) is 17.5 Å². The van der Waals surface area contributed by atoms with E-state index < -0.39 is 6.43 Å². The summed E-state index contributed by atoms with van der Waals surface area (Å²) in [6.45, 7) is 2.05. The lowest BCUT2D eigenvalue weighted by molar-refractivity contribution is 0.151. The number of nitrogens with zero attached hydrogens (tertiary/aromatic N) is 3. The minimum absolute atomic E-state index is 0.0365. The van der Waals surface area contributed by atoms with Gasteiger partial charge in [0, 0.05) is 24.8 Å². The molecule has 2 aromatic rings. The molecule has 1 aliphatic carbocycles. The van der Waals surface area contributed by atoms with Crippen molar-refractivity contribution in [3.8, 4) is 0 Å².